The minimum absolute atomic E-state index is 0.0168. The maximum atomic E-state index is 10.7. The van der Waals surface area contributed by atoms with Gasteiger partial charge >= 0.3 is 0 Å². The Morgan fingerprint density at radius 1 is 1.36 bits per heavy atom. The van der Waals surface area contributed by atoms with Crippen LogP contribution in [0.2, 0.25) is 0 Å². The van der Waals surface area contributed by atoms with Crippen molar-refractivity contribution in [3.05, 3.63) is 11.1 Å². The van der Waals surface area contributed by atoms with E-state index in [1.54, 1.807) is 0 Å². The van der Waals surface area contributed by atoms with E-state index < -0.39 is 0 Å². The van der Waals surface area contributed by atoms with E-state index in [0.29, 0.717) is 17.3 Å². The fourth-order valence-corrected chi connectivity index (χ4v) is 0.987. The third kappa shape index (κ3) is 6.67. The summed E-state index contributed by atoms with van der Waals surface area (Å²) in [6.07, 6.45) is 2.78. The van der Waals surface area contributed by atoms with Gasteiger partial charge in [-0.1, -0.05) is 11.6 Å². The molecule has 0 aromatic heterocycles. The zero-order valence-electron chi connectivity index (χ0n) is 5.95. The van der Waals surface area contributed by atoms with Crippen molar-refractivity contribution in [3.8, 4) is 0 Å². The molecule has 0 aromatic rings. The third-order valence-electron chi connectivity index (χ3n) is 0.999. The van der Waals surface area contributed by atoms with Gasteiger partial charge in [0.1, 0.15) is 0 Å². The van der Waals surface area contributed by atoms with Gasteiger partial charge in [-0.25, -0.2) is 0 Å². The molecule has 0 N–H and O–H groups in total. The van der Waals surface area contributed by atoms with E-state index in [1.807, 2.05) is 0 Å². The summed E-state index contributed by atoms with van der Waals surface area (Å²) in [4.78, 5) is 10.7. The number of rotatable bonds is 5. The molecule has 0 radical (unpaired) electrons. The Hall–Kier alpha value is 0.280. The van der Waals surface area contributed by atoms with Crippen LogP contribution in [0.25, 0.3) is 0 Å². The van der Waals surface area contributed by atoms with E-state index in [-0.39, 0.29) is 11.7 Å². The molecule has 0 amide bonds. The van der Waals surface area contributed by atoms with Gasteiger partial charge in [0.2, 0.25) is 0 Å². The monoisotopic (exact) mass is 214 g/mol. The molecule has 11 heavy (non-hydrogen) atoms. The van der Waals surface area contributed by atoms with Crippen molar-refractivity contribution in [2.45, 2.75) is 12.8 Å². The molecule has 64 valence electrons. The first-order chi connectivity index (χ1) is 5.20. The molecule has 4 heteroatoms. The molecule has 0 rings (SSSR count). The Bertz CT molecular complexity index is 154. The minimum Gasteiger partial charge on any atom is -0.293 e. The minimum atomic E-state index is -0.161. The number of ketones is 1. The Kier molecular flexibility index (Phi) is 7.13. The van der Waals surface area contributed by atoms with Crippen molar-refractivity contribution < 1.29 is 4.79 Å². The normalized spacial score (nSPS) is 11.7. The van der Waals surface area contributed by atoms with Gasteiger partial charge in [0.15, 0.2) is 5.78 Å². The van der Waals surface area contributed by atoms with Crippen LogP contribution in [0.5, 0.6) is 0 Å². The van der Waals surface area contributed by atoms with Crippen molar-refractivity contribution in [1.29, 1.82) is 0 Å². The van der Waals surface area contributed by atoms with Crippen molar-refractivity contribution >= 4 is 40.6 Å². The molecule has 0 aliphatic carbocycles. The second kappa shape index (κ2) is 6.96. The molecule has 0 saturated heterocycles. The average molecular weight is 216 g/mol. The Labute approximate surface area is 81.3 Å². The lowest BCUT2D eigenvalue weighted by atomic mass is 10.3. The first-order valence-electron chi connectivity index (χ1n) is 3.21. The van der Waals surface area contributed by atoms with Gasteiger partial charge in [0.05, 0.1) is 5.88 Å². The fraction of sp³-hybridized carbons (Fsp3) is 0.571. The topological polar surface area (TPSA) is 17.1 Å². The first kappa shape index (κ1) is 11.3. The van der Waals surface area contributed by atoms with Gasteiger partial charge in [-0.3, -0.25) is 4.79 Å². The van der Waals surface area contributed by atoms with Crippen LogP contribution in [0.1, 0.15) is 12.8 Å². The van der Waals surface area contributed by atoms with Gasteiger partial charge in [0.25, 0.3) is 0 Å². The third-order valence-corrected chi connectivity index (χ3v) is 1.83. The molecule has 0 heterocycles. The molecule has 0 unspecified atom stereocenters. The SMILES string of the molecule is O=C(/C=C(/Cl)CCCCl)CCl. The Morgan fingerprint density at radius 2 is 2.00 bits per heavy atom. The lowest BCUT2D eigenvalue weighted by Crippen LogP contribution is -1.93. The van der Waals surface area contributed by atoms with Gasteiger partial charge in [0, 0.05) is 10.9 Å². The highest BCUT2D eigenvalue weighted by molar-refractivity contribution is 6.34. The Morgan fingerprint density at radius 3 is 2.45 bits per heavy atom. The maximum Gasteiger partial charge on any atom is 0.171 e. The second-order valence-electron chi connectivity index (χ2n) is 1.98. The molecular weight excluding hydrogens is 206 g/mol. The standard InChI is InChI=1S/C7H9Cl3O/c8-3-1-2-6(10)4-7(11)5-9/h4H,1-3,5H2/b6-4+. The average Bonchev–Trinajstić information content (AvgIpc) is 2.00. The smallest absolute Gasteiger partial charge is 0.171 e. The summed E-state index contributed by atoms with van der Waals surface area (Å²) in [7, 11) is 0. The van der Waals surface area contributed by atoms with Gasteiger partial charge in [-0.2, -0.15) is 0 Å². The molecule has 0 saturated carbocycles. The molecule has 0 fully saturated rings. The number of allylic oxidation sites excluding steroid dienone is 2. The van der Waals surface area contributed by atoms with E-state index in [0.717, 1.165) is 6.42 Å². The number of alkyl halides is 2. The van der Waals surface area contributed by atoms with E-state index >= 15 is 0 Å². The molecule has 0 aromatic carbocycles. The van der Waals surface area contributed by atoms with Crippen LogP contribution in [0, 0.1) is 0 Å². The van der Waals surface area contributed by atoms with Crippen molar-refractivity contribution in [1.82, 2.24) is 0 Å². The highest BCUT2D eigenvalue weighted by atomic mass is 35.5. The van der Waals surface area contributed by atoms with Crippen LogP contribution in [-0.4, -0.2) is 17.5 Å². The van der Waals surface area contributed by atoms with Crippen molar-refractivity contribution in [3.63, 3.8) is 0 Å². The largest absolute Gasteiger partial charge is 0.293 e. The van der Waals surface area contributed by atoms with Crippen LogP contribution in [-0.2, 0) is 4.79 Å². The summed E-state index contributed by atoms with van der Waals surface area (Å²) in [6, 6.07) is 0. The zero-order valence-corrected chi connectivity index (χ0v) is 8.22. The van der Waals surface area contributed by atoms with Gasteiger partial charge < -0.3 is 0 Å². The maximum absolute atomic E-state index is 10.7. The summed E-state index contributed by atoms with van der Waals surface area (Å²) in [5.41, 5.74) is 0. The van der Waals surface area contributed by atoms with Crippen LogP contribution in [0.4, 0.5) is 0 Å². The molecule has 0 aliphatic heterocycles. The van der Waals surface area contributed by atoms with E-state index in [4.69, 9.17) is 34.8 Å². The lowest BCUT2D eigenvalue weighted by Gasteiger charge is -1.93. The molecule has 1 nitrogen and oxygen atoms in total. The highest BCUT2D eigenvalue weighted by Crippen LogP contribution is 2.10. The summed E-state index contributed by atoms with van der Waals surface area (Å²) in [6.45, 7) is 0. The summed E-state index contributed by atoms with van der Waals surface area (Å²) < 4.78 is 0. The van der Waals surface area contributed by atoms with Crippen molar-refractivity contribution in [2.24, 2.45) is 0 Å². The molecule has 0 bridgehead atoms. The number of halogens is 3. The molecular formula is C7H9Cl3O. The number of hydrogen-bond donors (Lipinski definition) is 0. The van der Waals surface area contributed by atoms with Crippen LogP contribution in [0.15, 0.2) is 11.1 Å². The highest BCUT2D eigenvalue weighted by Gasteiger charge is 1.97. The first-order valence-corrected chi connectivity index (χ1v) is 4.66. The van der Waals surface area contributed by atoms with Crippen molar-refractivity contribution in [2.75, 3.05) is 11.8 Å². The van der Waals surface area contributed by atoms with Gasteiger partial charge in [-0.15, -0.1) is 23.2 Å². The summed E-state index contributed by atoms with van der Waals surface area (Å²) in [5.74, 6) is 0.377. The predicted octanol–water partition coefficient (Wildman–Crippen LogP) is 2.94. The van der Waals surface area contributed by atoms with Gasteiger partial charge in [-0.05, 0) is 18.9 Å². The van der Waals surface area contributed by atoms with E-state index in [1.165, 1.54) is 6.08 Å². The quantitative estimate of drug-likeness (QED) is 0.509. The number of carbonyl (C=O) groups is 1. The molecule has 0 aliphatic rings. The number of carbonyl (C=O) groups excluding carboxylic acids is 1. The molecule has 0 spiro atoms. The Balaban J connectivity index is 3.70. The fourth-order valence-electron chi connectivity index (χ4n) is 0.521. The van der Waals surface area contributed by atoms with E-state index in [2.05, 4.69) is 0 Å². The van der Waals surface area contributed by atoms with Crippen LogP contribution >= 0.6 is 34.8 Å². The molecule has 0 atom stereocenters. The predicted molar refractivity (Wildman–Crippen MR) is 49.6 cm³/mol. The number of hydrogen-bond acceptors (Lipinski definition) is 1. The zero-order chi connectivity index (χ0) is 8.69. The summed E-state index contributed by atoms with van der Waals surface area (Å²) in [5, 5.41) is 0.524. The van der Waals surface area contributed by atoms with Crippen LogP contribution in [0.3, 0.4) is 0 Å². The lowest BCUT2D eigenvalue weighted by molar-refractivity contribution is -0.112. The van der Waals surface area contributed by atoms with Crippen LogP contribution < -0.4 is 0 Å². The second-order valence-corrected chi connectivity index (χ2v) is 3.11. The summed E-state index contributed by atoms with van der Waals surface area (Å²) >= 11 is 16.3. The van der Waals surface area contributed by atoms with E-state index in [9.17, 15) is 4.79 Å².